The predicted octanol–water partition coefficient (Wildman–Crippen LogP) is 9.21. The highest BCUT2D eigenvalue weighted by Gasteiger charge is 2.08. The summed E-state index contributed by atoms with van der Waals surface area (Å²) in [4.78, 5) is 0. The van der Waals surface area contributed by atoms with Crippen LogP contribution in [0.4, 0.5) is 4.39 Å². The summed E-state index contributed by atoms with van der Waals surface area (Å²) in [5.41, 5.74) is 4.83. The summed E-state index contributed by atoms with van der Waals surface area (Å²) >= 11 is 5.91. The topological polar surface area (TPSA) is 0 Å². The molecule has 0 spiro atoms. The third-order valence-corrected chi connectivity index (χ3v) is 6.25. The highest BCUT2D eigenvalue weighted by atomic mass is 35.5. The fourth-order valence-electron chi connectivity index (χ4n) is 4.04. The second kappa shape index (κ2) is 11.2. The van der Waals surface area contributed by atoms with Crippen molar-refractivity contribution in [3.63, 3.8) is 0 Å². The van der Waals surface area contributed by atoms with Crippen molar-refractivity contribution in [2.75, 3.05) is 0 Å². The van der Waals surface area contributed by atoms with Gasteiger partial charge in [0.05, 0.1) is 5.56 Å². The maximum absolute atomic E-state index is 15.1. The summed E-state index contributed by atoms with van der Waals surface area (Å²) in [5, 5.41) is 2.12. The van der Waals surface area contributed by atoms with E-state index in [9.17, 15) is 0 Å². The molecular weight excluding hydrogens is 427 g/mol. The Morgan fingerprint density at radius 2 is 1.45 bits per heavy atom. The molecule has 0 nitrogen and oxygen atoms in total. The van der Waals surface area contributed by atoms with E-state index in [4.69, 9.17) is 11.6 Å². The van der Waals surface area contributed by atoms with Crippen LogP contribution in [-0.2, 0) is 6.42 Å². The molecule has 0 bridgehead atoms. The van der Waals surface area contributed by atoms with Crippen LogP contribution >= 0.6 is 11.6 Å². The van der Waals surface area contributed by atoms with Crippen LogP contribution in [0.3, 0.4) is 0 Å². The summed E-state index contributed by atoms with van der Waals surface area (Å²) in [7, 11) is 0. The van der Waals surface area contributed by atoms with Crippen LogP contribution in [0.25, 0.3) is 21.9 Å². The molecule has 4 aromatic carbocycles. The fraction of sp³-hybridized carbons (Fsp3) is 0.226. The predicted molar refractivity (Wildman–Crippen MR) is 139 cm³/mol. The van der Waals surface area contributed by atoms with Gasteiger partial charge in [-0.05, 0) is 71.3 Å². The standard InChI is InChI=1S/C31H28ClF/c1-2-3-4-5-6-7-23-8-13-25(14-9-23)27-18-21-30-28(22-27)17-16-26(31(30)33)15-10-24-11-19-29(32)20-12-24/h8-9,11-14,16-22H,2-7H2,1H3. The second-order valence-electron chi connectivity index (χ2n) is 8.48. The largest absolute Gasteiger partial charge is 0.205 e. The first-order valence-electron chi connectivity index (χ1n) is 11.7. The van der Waals surface area contributed by atoms with E-state index in [0.717, 1.165) is 28.5 Å². The summed E-state index contributed by atoms with van der Waals surface area (Å²) < 4.78 is 15.1. The van der Waals surface area contributed by atoms with Gasteiger partial charge in [0.25, 0.3) is 0 Å². The second-order valence-corrected chi connectivity index (χ2v) is 8.92. The van der Waals surface area contributed by atoms with E-state index in [1.54, 1.807) is 18.2 Å². The maximum atomic E-state index is 15.1. The number of halogens is 2. The molecule has 4 rings (SSSR count). The van der Waals surface area contributed by atoms with Crippen molar-refractivity contribution >= 4 is 22.4 Å². The summed E-state index contributed by atoms with van der Waals surface area (Å²) in [5.74, 6) is 5.69. The van der Waals surface area contributed by atoms with Gasteiger partial charge in [-0.15, -0.1) is 0 Å². The Bertz CT molecular complexity index is 1280. The molecule has 0 radical (unpaired) electrons. The molecule has 4 aromatic rings. The van der Waals surface area contributed by atoms with Gasteiger partial charge in [0, 0.05) is 16.0 Å². The minimum absolute atomic E-state index is 0.279. The third-order valence-electron chi connectivity index (χ3n) is 6.00. The maximum Gasteiger partial charge on any atom is 0.146 e. The number of rotatable bonds is 7. The van der Waals surface area contributed by atoms with E-state index in [-0.39, 0.29) is 5.82 Å². The minimum Gasteiger partial charge on any atom is -0.205 e. The minimum atomic E-state index is -0.279. The first-order valence-corrected chi connectivity index (χ1v) is 12.1. The molecule has 0 aliphatic heterocycles. The molecule has 0 unspecified atom stereocenters. The van der Waals surface area contributed by atoms with E-state index in [2.05, 4.69) is 49.1 Å². The van der Waals surface area contributed by atoms with E-state index in [1.807, 2.05) is 30.3 Å². The average Bonchev–Trinajstić information content (AvgIpc) is 2.85. The van der Waals surface area contributed by atoms with E-state index < -0.39 is 0 Å². The van der Waals surface area contributed by atoms with Crippen LogP contribution < -0.4 is 0 Å². The lowest BCUT2D eigenvalue weighted by Gasteiger charge is -2.08. The highest BCUT2D eigenvalue weighted by Crippen LogP contribution is 2.28. The normalized spacial score (nSPS) is 10.8. The van der Waals surface area contributed by atoms with Crippen LogP contribution in [-0.4, -0.2) is 0 Å². The van der Waals surface area contributed by atoms with Gasteiger partial charge < -0.3 is 0 Å². The van der Waals surface area contributed by atoms with Gasteiger partial charge in [-0.1, -0.05) is 98.5 Å². The molecule has 0 saturated carbocycles. The zero-order chi connectivity index (χ0) is 23.0. The van der Waals surface area contributed by atoms with Crippen molar-refractivity contribution < 1.29 is 4.39 Å². The lowest BCUT2D eigenvalue weighted by molar-refractivity contribution is 0.632. The van der Waals surface area contributed by atoms with Gasteiger partial charge in [0.1, 0.15) is 5.82 Å². The molecule has 0 heterocycles. The van der Waals surface area contributed by atoms with Crippen LogP contribution in [0.2, 0.25) is 5.02 Å². The third kappa shape index (κ3) is 6.04. The van der Waals surface area contributed by atoms with Crippen molar-refractivity contribution in [1.82, 2.24) is 0 Å². The molecule has 0 saturated heterocycles. The Labute approximate surface area is 201 Å². The van der Waals surface area contributed by atoms with Crippen molar-refractivity contribution in [2.45, 2.75) is 45.4 Å². The highest BCUT2D eigenvalue weighted by molar-refractivity contribution is 6.30. The molecule has 0 fully saturated rings. The van der Waals surface area contributed by atoms with Gasteiger partial charge in [-0.25, -0.2) is 4.39 Å². The first kappa shape index (κ1) is 23.1. The smallest absolute Gasteiger partial charge is 0.146 e. The summed E-state index contributed by atoms with van der Waals surface area (Å²) in [6, 6.07) is 25.6. The number of aryl methyl sites for hydroxylation is 1. The first-order chi connectivity index (χ1) is 16.1. The number of hydrogen-bond acceptors (Lipinski definition) is 0. The monoisotopic (exact) mass is 454 g/mol. The van der Waals surface area contributed by atoms with Crippen molar-refractivity contribution in [3.05, 3.63) is 106 Å². The Morgan fingerprint density at radius 3 is 2.21 bits per heavy atom. The quantitative estimate of drug-likeness (QED) is 0.193. The van der Waals surface area contributed by atoms with Crippen molar-refractivity contribution in [1.29, 1.82) is 0 Å². The molecule has 33 heavy (non-hydrogen) atoms. The fourth-order valence-corrected chi connectivity index (χ4v) is 4.16. The van der Waals surface area contributed by atoms with E-state index in [0.29, 0.717) is 16.0 Å². The van der Waals surface area contributed by atoms with Gasteiger partial charge in [0.2, 0.25) is 0 Å². The van der Waals surface area contributed by atoms with Gasteiger partial charge in [-0.2, -0.15) is 0 Å². The molecule has 0 N–H and O–H groups in total. The number of hydrogen-bond donors (Lipinski definition) is 0. The lowest BCUT2D eigenvalue weighted by Crippen LogP contribution is -1.89. The van der Waals surface area contributed by atoms with E-state index in [1.165, 1.54) is 37.7 Å². The molecule has 0 aliphatic carbocycles. The van der Waals surface area contributed by atoms with Gasteiger partial charge in [-0.3, -0.25) is 0 Å². The zero-order valence-corrected chi connectivity index (χ0v) is 19.8. The molecule has 166 valence electrons. The van der Waals surface area contributed by atoms with Crippen LogP contribution in [0.15, 0.2) is 78.9 Å². The Morgan fingerprint density at radius 1 is 0.727 bits per heavy atom. The molecule has 2 heteroatoms. The Kier molecular flexibility index (Phi) is 7.82. The van der Waals surface area contributed by atoms with E-state index >= 15 is 4.39 Å². The van der Waals surface area contributed by atoms with Crippen LogP contribution in [0.5, 0.6) is 0 Å². The van der Waals surface area contributed by atoms with Crippen molar-refractivity contribution in [3.8, 4) is 23.0 Å². The SMILES string of the molecule is CCCCCCCc1ccc(-c2ccc3c(F)c(C#Cc4ccc(Cl)cc4)ccc3c2)cc1. The number of fused-ring (bicyclic) bond motifs is 1. The number of benzene rings is 4. The Balaban J connectivity index is 1.49. The summed E-state index contributed by atoms with van der Waals surface area (Å²) in [6.07, 6.45) is 7.62. The van der Waals surface area contributed by atoms with Gasteiger partial charge >= 0.3 is 0 Å². The molecule has 0 aromatic heterocycles. The van der Waals surface area contributed by atoms with Crippen molar-refractivity contribution in [2.24, 2.45) is 0 Å². The molecule has 0 aliphatic rings. The lowest BCUT2D eigenvalue weighted by atomic mass is 9.97. The van der Waals surface area contributed by atoms with Crippen LogP contribution in [0, 0.1) is 17.7 Å². The molecule has 0 amide bonds. The van der Waals surface area contributed by atoms with Crippen LogP contribution in [0.1, 0.15) is 55.7 Å². The van der Waals surface area contributed by atoms with Gasteiger partial charge in [0.15, 0.2) is 0 Å². The molecular formula is C31H28ClF. The average molecular weight is 455 g/mol. The Hall–Kier alpha value is -3.08. The zero-order valence-electron chi connectivity index (χ0n) is 19.0. The summed E-state index contributed by atoms with van der Waals surface area (Å²) in [6.45, 7) is 2.25. The number of unbranched alkanes of at least 4 members (excludes halogenated alkanes) is 4. The molecule has 0 atom stereocenters.